The topological polar surface area (TPSA) is 47.4 Å². The van der Waals surface area contributed by atoms with Crippen LogP contribution < -0.4 is 4.74 Å². The average Bonchev–Trinajstić information content (AvgIpc) is 3.21. The van der Waals surface area contributed by atoms with Gasteiger partial charge in [0.15, 0.2) is 0 Å². The first-order valence-corrected chi connectivity index (χ1v) is 9.04. The molecule has 2 aromatic heterocycles. The summed E-state index contributed by atoms with van der Waals surface area (Å²) in [5.41, 5.74) is 2.40. The third-order valence-corrected chi connectivity index (χ3v) is 4.77. The van der Waals surface area contributed by atoms with Crippen molar-refractivity contribution < 1.29 is 13.9 Å². The Labute approximate surface area is 155 Å². The summed E-state index contributed by atoms with van der Waals surface area (Å²) in [6.07, 6.45) is 1.91. The zero-order chi connectivity index (χ0) is 18.7. The van der Waals surface area contributed by atoms with E-state index in [1.165, 1.54) is 12.1 Å². The van der Waals surface area contributed by atoms with Gasteiger partial charge in [-0.1, -0.05) is 0 Å². The predicted molar refractivity (Wildman–Crippen MR) is 100 cm³/mol. The van der Waals surface area contributed by atoms with Crippen LogP contribution >= 0.6 is 11.3 Å². The molecule has 7 heteroatoms. The molecule has 0 atom stereocenters. The van der Waals surface area contributed by atoms with Crippen LogP contribution in [0.25, 0.3) is 11.3 Å². The molecular formula is C19H20FN3O2S. The molecule has 5 nitrogen and oxygen atoms in total. The first-order chi connectivity index (χ1) is 12.4. The fourth-order valence-corrected chi connectivity index (χ4v) is 3.16. The lowest BCUT2D eigenvalue weighted by atomic mass is 10.2. The van der Waals surface area contributed by atoms with Crippen LogP contribution in [0.1, 0.15) is 15.5 Å². The molecule has 0 unspecified atom stereocenters. The number of rotatable bonds is 6. The maximum atomic E-state index is 12.9. The van der Waals surface area contributed by atoms with E-state index >= 15 is 0 Å². The minimum absolute atomic E-state index is 0.0894. The molecule has 1 aromatic carbocycles. The molecule has 0 saturated carbocycles. The number of thiazole rings is 1. The highest BCUT2D eigenvalue weighted by Crippen LogP contribution is 2.24. The molecular weight excluding hydrogens is 353 g/mol. The van der Waals surface area contributed by atoms with Crippen molar-refractivity contribution in [1.29, 1.82) is 0 Å². The number of amides is 1. The van der Waals surface area contributed by atoms with Gasteiger partial charge in [0, 0.05) is 31.2 Å². The van der Waals surface area contributed by atoms with Crippen LogP contribution in [0.15, 0.2) is 41.9 Å². The van der Waals surface area contributed by atoms with Crippen molar-refractivity contribution in [1.82, 2.24) is 14.5 Å². The highest BCUT2D eigenvalue weighted by molar-refractivity contribution is 7.09. The Bertz CT molecular complexity index is 902. The van der Waals surface area contributed by atoms with Crippen molar-refractivity contribution in [3.63, 3.8) is 0 Å². The predicted octanol–water partition coefficient (Wildman–Crippen LogP) is 3.75. The van der Waals surface area contributed by atoms with E-state index in [0.29, 0.717) is 24.6 Å². The Morgan fingerprint density at radius 2 is 2.08 bits per heavy atom. The highest BCUT2D eigenvalue weighted by atomic mass is 32.1. The van der Waals surface area contributed by atoms with Crippen molar-refractivity contribution in [2.75, 3.05) is 20.2 Å². The number of carbonyl (C=O) groups is 1. The van der Waals surface area contributed by atoms with Crippen LogP contribution in [0.5, 0.6) is 5.75 Å². The number of carbonyl (C=O) groups excluding carboxylic acids is 1. The third kappa shape index (κ3) is 4.11. The lowest BCUT2D eigenvalue weighted by Crippen LogP contribution is -2.32. The van der Waals surface area contributed by atoms with E-state index in [1.807, 2.05) is 36.2 Å². The van der Waals surface area contributed by atoms with Gasteiger partial charge in [-0.15, -0.1) is 11.3 Å². The summed E-state index contributed by atoms with van der Waals surface area (Å²) < 4.78 is 20.2. The smallest absolute Gasteiger partial charge is 0.270 e. The molecule has 1 amide bonds. The number of nitrogens with zero attached hydrogens (tertiary/aromatic N) is 3. The van der Waals surface area contributed by atoms with Crippen LogP contribution in [0.4, 0.5) is 4.39 Å². The molecule has 0 radical (unpaired) electrons. The number of likely N-dealkylation sites (N-methyl/N-ethyl adjacent to an activating group) is 1. The molecule has 2 heterocycles. The summed E-state index contributed by atoms with van der Waals surface area (Å²) in [6.45, 7) is 2.71. The monoisotopic (exact) mass is 373 g/mol. The van der Waals surface area contributed by atoms with E-state index in [9.17, 15) is 9.18 Å². The quantitative estimate of drug-likeness (QED) is 0.661. The molecule has 0 saturated heterocycles. The second kappa shape index (κ2) is 7.70. The number of aryl methyl sites for hydroxylation is 2. The van der Waals surface area contributed by atoms with Gasteiger partial charge in [0.2, 0.25) is 0 Å². The number of ether oxygens (including phenoxy) is 1. The number of halogens is 1. The summed E-state index contributed by atoms with van der Waals surface area (Å²) in [4.78, 5) is 18.8. The maximum absolute atomic E-state index is 12.9. The average molecular weight is 373 g/mol. The van der Waals surface area contributed by atoms with Crippen LogP contribution in [-0.2, 0) is 7.05 Å². The largest absolute Gasteiger partial charge is 0.492 e. The second-order valence-corrected chi connectivity index (χ2v) is 7.07. The number of hydrogen-bond donors (Lipinski definition) is 0. The molecule has 3 rings (SSSR count). The third-order valence-electron chi connectivity index (χ3n) is 3.99. The standard InChI is InChI=1S/C19H20FN3O2S/c1-13-21-17(12-26-13)14-10-18(23(3)11-14)19(24)22(2)8-9-25-16-6-4-15(20)5-7-16/h4-7,10-12H,8-9H2,1-3H3. The molecule has 3 aromatic rings. The lowest BCUT2D eigenvalue weighted by molar-refractivity contribution is 0.0764. The van der Waals surface area contributed by atoms with Crippen LogP contribution in [0.2, 0.25) is 0 Å². The van der Waals surface area contributed by atoms with Gasteiger partial charge in [0.05, 0.1) is 17.2 Å². The fraction of sp³-hybridized carbons (Fsp3) is 0.263. The Hall–Kier alpha value is -2.67. The van der Waals surface area contributed by atoms with Gasteiger partial charge in [-0.2, -0.15) is 0 Å². The van der Waals surface area contributed by atoms with E-state index in [0.717, 1.165) is 16.3 Å². The maximum Gasteiger partial charge on any atom is 0.270 e. The summed E-state index contributed by atoms with van der Waals surface area (Å²) in [5.74, 6) is 0.181. The van der Waals surface area contributed by atoms with E-state index in [-0.39, 0.29) is 11.7 Å². The van der Waals surface area contributed by atoms with Gasteiger partial charge in [0.25, 0.3) is 5.91 Å². The first kappa shape index (κ1) is 18.1. The molecule has 0 bridgehead atoms. The Morgan fingerprint density at radius 1 is 1.35 bits per heavy atom. The molecule has 0 N–H and O–H groups in total. The number of benzene rings is 1. The fourth-order valence-electron chi connectivity index (χ4n) is 2.54. The van der Waals surface area contributed by atoms with Gasteiger partial charge < -0.3 is 14.2 Å². The van der Waals surface area contributed by atoms with E-state index < -0.39 is 0 Å². The van der Waals surface area contributed by atoms with Crippen LogP contribution in [0.3, 0.4) is 0 Å². The SMILES string of the molecule is Cc1nc(-c2cc(C(=O)N(C)CCOc3ccc(F)cc3)n(C)c2)cs1. The molecule has 0 fully saturated rings. The van der Waals surface area contributed by atoms with Gasteiger partial charge in [-0.05, 0) is 37.3 Å². The Kier molecular flexibility index (Phi) is 5.37. The Morgan fingerprint density at radius 3 is 2.73 bits per heavy atom. The molecule has 0 aliphatic carbocycles. The van der Waals surface area contributed by atoms with Crippen molar-refractivity contribution in [3.8, 4) is 17.0 Å². The molecule has 136 valence electrons. The summed E-state index contributed by atoms with van der Waals surface area (Å²) in [7, 11) is 3.58. The summed E-state index contributed by atoms with van der Waals surface area (Å²) >= 11 is 1.58. The summed E-state index contributed by atoms with van der Waals surface area (Å²) in [6, 6.07) is 7.67. The van der Waals surface area contributed by atoms with Gasteiger partial charge >= 0.3 is 0 Å². The highest BCUT2D eigenvalue weighted by Gasteiger charge is 2.17. The Balaban J connectivity index is 1.61. The first-order valence-electron chi connectivity index (χ1n) is 8.17. The zero-order valence-electron chi connectivity index (χ0n) is 14.9. The minimum atomic E-state index is -0.306. The van der Waals surface area contributed by atoms with Crippen molar-refractivity contribution >= 4 is 17.2 Å². The van der Waals surface area contributed by atoms with Crippen LogP contribution in [0, 0.1) is 12.7 Å². The molecule has 26 heavy (non-hydrogen) atoms. The summed E-state index contributed by atoms with van der Waals surface area (Å²) in [5, 5.41) is 2.98. The van der Waals surface area contributed by atoms with Crippen molar-refractivity contribution in [2.24, 2.45) is 7.05 Å². The molecule has 0 spiro atoms. The normalized spacial score (nSPS) is 10.8. The number of aromatic nitrogens is 2. The minimum Gasteiger partial charge on any atom is -0.492 e. The molecule has 0 aliphatic heterocycles. The lowest BCUT2D eigenvalue weighted by Gasteiger charge is -2.17. The second-order valence-electron chi connectivity index (χ2n) is 6.01. The molecule has 0 aliphatic rings. The van der Waals surface area contributed by atoms with E-state index in [1.54, 1.807) is 35.4 Å². The van der Waals surface area contributed by atoms with Crippen molar-refractivity contribution in [3.05, 3.63) is 58.4 Å². The number of hydrogen-bond acceptors (Lipinski definition) is 4. The van der Waals surface area contributed by atoms with Crippen molar-refractivity contribution in [2.45, 2.75) is 6.92 Å². The van der Waals surface area contributed by atoms with Gasteiger partial charge in [-0.25, -0.2) is 9.37 Å². The van der Waals surface area contributed by atoms with E-state index in [2.05, 4.69) is 4.98 Å². The van der Waals surface area contributed by atoms with Gasteiger partial charge in [0.1, 0.15) is 23.9 Å². The van der Waals surface area contributed by atoms with Gasteiger partial charge in [-0.3, -0.25) is 4.79 Å². The van der Waals surface area contributed by atoms with E-state index in [4.69, 9.17) is 4.74 Å². The zero-order valence-corrected chi connectivity index (χ0v) is 15.7. The van der Waals surface area contributed by atoms with Crippen LogP contribution in [-0.4, -0.2) is 40.6 Å².